The van der Waals surface area contributed by atoms with Gasteiger partial charge in [0.2, 0.25) is 11.8 Å². The summed E-state index contributed by atoms with van der Waals surface area (Å²) >= 11 is 6.45. The quantitative estimate of drug-likeness (QED) is 0.421. The number of anilines is 1. The highest BCUT2D eigenvalue weighted by atomic mass is 35.5. The number of aromatic nitrogens is 3. The SMILES string of the molecule is O=C1CCC(N2C(=O)c3ccc(NC[C@H]4C[C@H](n5cc(-c6ncccc6Cl)c(C6CC6)n5)C4)cc3C2=O)C(=O)N1. The number of pyridine rings is 1. The Morgan fingerprint density at radius 3 is 2.55 bits per heavy atom. The number of imide groups is 2. The zero-order valence-corrected chi connectivity index (χ0v) is 22.4. The molecule has 0 spiro atoms. The molecule has 2 N–H and O–H groups in total. The van der Waals surface area contributed by atoms with E-state index in [1.54, 1.807) is 24.4 Å². The Hall–Kier alpha value is -4.05. The van der Waals surface area contributed by atoms with Crippen LogP contribution in [0.1, 0.15) is 76.9 Å². The second kappa shape index (κ2) is 9.55. The molecule has 2 aromatic heterocycles. The maximum absolute atomic E-state index is 13.1. The molecule has 10 nitrogen and oxygen atoms in total. The van der Waals surface area contributed by atoms with Gasteiger partial charge in [0, 0.05) is 42.5 Å². The fraction of sp³-hybridized carbons (Fsp3) is 0.379. The van der Waals surface area contributed by atoms with Crippen LogP contribution < -0.4 is 10.6 Å². The molecule has 3 aromatic rings. The summed E-state index contributed by atoms with van der Waals surface area (Å²) in [5.74, 6) is -1.09. The molecule has 11 heteroatoms. The molecule has 4 heterocycles. The van der Waals surface area contributed by atoms with Crippen LogP contribution in [0.25, 0.3) is 11.3 Å². The number of hydrogen-bond acceptors (Lipinski definition) is 7. The summed E-state index contributed by atoms with van der Waals surface area (Å²) in [5, 5.41) is 11.2. The van der Waals surface area contributed by atoms with Gasteiger partial charge in [0.15, 0.2) is 0 Å². The highest BCUT2D eigenvalue weighted by Gasteiger charge is 2.44. The first-order valence-electron chi connectivity index (χ1n) is 13.7. The van der Waals surface area contributed by atoms with Crippen molar-refractivity contribution in [3.05, 3.63) is 64.6 Å². The Morgan fingerprint density at radius 1 is 1.00 bits per heavy atom. The number of benzene rings is 1. The largest absolute Gasteiger partial charge is 0.385 e. The summed E-state index contributed by atoms with van der Waals surface area (Å²) in [5.41, 5.74) is 4.20. The van der Waals surface area contributed by atoms with Crippen molar-refractivity contribution in [2.24, 2.45) is 5.92 Å². The zero-order chi connectivity index (χ0) is 27.5. The van der Waals surface area contributed by atoms with E-state index < -0.39 is 29.7 Å². The lowest BCUT2D eigenvalue weighted by molar-refractivity contribution is -0.136. The van der Waals surface area contributed by atoms with Gasteiger partial charge in [-0.1, -0.05) is 11.6 Å². The van der Waals surface area contributed by atoms with Gasteiger partial charge in [-0.3, -0.25) is 39.1 Å². The molecule has 1 saturated heterocycles. The minimum absolute atomic E-state index is 0.0949. The van der Waals surface area contributed by atoms with Gasteiger partial charge in [0.25, 0.3) is 11.8 Å². The summed E-state index contributed by atoms with van der Waals surface area (Å²) in [4.78, 5) is 55.3. The first-order valence-corrected chi connectivity index (χ1v) is 14.0. The molecule has 1 unspecified atom stereocenters. The molecule has 2 saturated carbocycles. The molecule has 4 aliphatic rings. The summed E-state index contributed by atoms with van der Waals surface area (Å²) in [6, 6.07) is 8.12. The van der Waals surface area contributed by atoms with Crippen LogP contribution in [0.2, 0.25) is 5.02 Å². The van der Waals surface area contributed by atoms with Crippen molar-refractivity contribution >= 4 is 40.9 Å². The second-order valence-electron chi connectivity index (χ2n) is 11.1. The number of fused-ring (bicyclic) bond motifs is 1. The van der Waals surface area contributed by atoms with E-state index in [1.165, 1.54) is 0 Å². The smallest absolute Gasteiger partial charge is 0.262 e. The fourth-order valence-corrected chi connectivity index (χ4v) is 6.17. The van der Waals surface area contributed by atoms with E-state index in [0.29, 0.717) is 22.9 Å². The fourth-order valence-electron chi connectivity index (χ4n) is 5.94. The molecular formula is C29H27ClN6O4. The van der Waals surface area contributed by atoms with Crippen LogP contribution in [-0.4, -0.2) is 55.9 Å². The molecule has 1 aromatic carbocycles. The molecule has 4 amide bonds. The summed E-state index contributed by atoms with van der Waals surface area (Å²) in [6.07, 6.45) is 8.32. The molecule has 0 bridgehead atoms. The number of nitrogens with zero attached hydrogens (tertiary/aromatic N) is 4. The molecule has 2 aliphatic carbocycles. The normalized spacial score (nSPS) is 24.1. The summed E-state index contributed by atoms with van der Waals surface area (Å²) in [6.45, 7) is 0.726. The highest BCUT2D eigenvalue weighted by molar-refractivity contribution is 6.33. The molecule has 204 valence electrons. The van der Waals surface area contributed by atoms with E-state index in [9.17, 15) is 19.2 Å². The zero-order valence-electron chi connectivity index (χ0n) is 21.6. The molecule has 2 aliphatic heterocycles. The van der Waals surface area contributed by atoms with E-state index in [1.807, 2.05) is 12.1 Å². The van der Waals surface area contributed by atoms with E-state index in [0.717, 1.165) is 59.8 Å². The van der Waals surface area contributed by atoms with Crippen molar-refractivity contribution in [1.82, 2.24) is 25.0 Å². The maximum Gasteiger partial charge on any atom is 0.262 e. The van der Waals surface area contributed by atoms with Crippen LogP contribution >= 0.6 is 11.6 Å². The van der Waals surface area contributed by atoms with Crippen LogP contribution in [0, 0.1) is 5.92 Å². The third kappa shape index (κ3) is 4.27. The van der Waals surface area contributed by atoms with Gasteiger partial charge in [0.05, 0.1) is 33.6 Å². The topological polar surface area (TPSA) is 126 Å². The lowest BCUT2D eigenvalue weighted by atomic mass is 9.80. The number of carbonyl (C=O) groups excluding carboxylic acids is 4. The van der Waals surface area contributed by atoms with Crippen LogP contribution in [0.4, 0.5) is 5.69 Å². The third-order valence-electron chi connectivity index (χ3n) is 8.36. The third-order valence-corrected chi connectivity index (χ3v) is 8.66. The van der Waals surface area contributed by atoms with Crippen LogP contribution in [0.3, 0.4) is 0 Å². The average Bonchev–Trinajstić information content (AvgIpc) is 3.63. The molecule has 7 rings (SSSR count). The van der Waals surface area contributed by atoms with Crippen LogP contribution in [-0.2, 0) is 9.59 Å². The van der Waals surface area contributed by atoms with Crippen molar-refractivity contribution in [3.8, 4) is 11.3 Å². The Morgan fingerprint density at radius 2 is 1.80 bits per heavy atom. The van der Waals surface area contributed by atoms with E-state index in [4.69, 9.17) is 16.7 Å². The van der Waals surface area contributed by atoms with Crippen LogP contribution in [0.5, 0.6) is 0 Å². The average molecular weight is 559 g/mol. The number of amides is 4. The van der Waals surface area contributed by atoms with E-state index in [2.05, 4.69) is 26.5 Å². The summed E-state index contributed by atoms with van der Waals surface area (Å²) < 4.78 is 2.08. The lowest BCUT2D eigenvalue weighted by Gasteiger charge is -2.35. The number of halogens is 1. The van der Waals surface area contributed by atoms with Gasteiger partial charge in [-0.2, -0.15) is 5.10 Å². The van der Waals surface area contributed by atoms with Crippen molar-refractivity contribution < 1.29 is 19.2 Å². The van der Waals surface area contributed by atoms with Gasteiger partial charge in [-0.25, -0.2) is 0 Å². The summed E-state index contributed by atoms with van der Waals surface area (Å²) in [7, 11) is 0. The van der Waals surface area contributed by atoms with E-state index in [-0.39, 0.29) is 24.0 Å². The standard InChI is InChI=1S/C29H27ClN6O4/c30-22-2-1-9-31-26(22)21-14-35(34-25(21)16-3-4-16)18-10-15(11-18)13-32-17-5-6-19-20(12-17)29(40)36(28(19)39)23-7-8-24(37)33-27(23)38/h1-2,5-6,9,12,14-16,18,23,32H,3-4,7-8,10-11,13H2,(H,33,37,38)/t15-,18-,23?. The molecule has 3 fully saturated rings. The number of carbonyl (C=O) groups is 4. The molecule has 1 atom stereocenters. The second-order valence-corrected chi connectivity index (χ2v) is 11.5. The van der Waals surface area contributed by atoms with E-state index >= 15 is 0 Å². The Labute approximate surface area is 235 Å². The Kier molecular flexibility index (Phi) is 5.96. The minimum atomic E-state index is -0.967. The number of hydrogen-bond donors (Lipinski definition) is 2. The maximum atomic E-state index is 13.1. The van der Waals surface area contributed by atoms with Gasteiger partial charge >= 0.3 is 0 Å². The van der Waals surface area contributed by atoms with Crippen molar-refractivity contribution in [2.45, 2.75) is 56.5 Å². The van der Waals surface area contributed by atoms with Gasteiger partial charge in [-0.15, -0.1) is 0 Å². The molecule has 0 radical (unpaired) electrons. The predicted molar refractivity (Wildman–Crippen MR) is 146 cm³/mol. The first kappa shape index (κ1) is 25.0. The van der Waals surface area contributed by atoms with Gasteiger partial charge < -0.3 is 5.32 Å². The molecular weight excluding hydrogens is 532 g/mol. The lowest BCUT2D eigenvalue weighted by Crippen LogP contribution is -2.54. The first-order chi connectivity index (χ1) is 19.4. The van der Waals surface area contributed by atoms with Gasteiger partial charge in [-0.05, 0) is 68.4 Å². The van der Waals surface area contributed by atoms with Crippen molar-refractivity contribution in [3.63, 3.8) is 0 Å². The van der Waals surface area contributed by atoms with Crippen LogP contribution in [0.15, 0.2) is 42.7 Å². The highest BCUT2D eigenvalue weighted by Crippen LogP contribution is 2.46. The number of rotatable bonds is 7. The predicted octanol–water partition coefficient (Wildman–Crippen LogP) is 3.94. The van der Waals surface area contributed by atoms with Gasteiger partial charge in [0.1, 0.15) is 6.04 Å². The number of nitrogens with one attached hydrogen (secondary N) is 2. The van der Waals surface area contributed by atoms with Crippen molar-refractivity contribution in [1.29, 1.82) is 0 Å². The Bertz CT molecular complexity index is 1570. The Balaban J connectivity index is 0.993. The minimum Gasteiger partial charge on any atom is -0.385 e. The number of piperidine rings is 1. The van der Waals surface area contributed by atoms with Crippen molar-refractivity contribution in [2.75, 3.05) is 11.9 Å². The monoisotopic (exact) mass is 558 g/mol. The molecule has 40 heavy (non-hydrogen) atoms.